The first-order chi connectivity index (χ1) is 15.8. The van der Waals surface area contributed by atoms with Gasteiger partial charge in [0, 0.05) is 5.02 Å². The van der Waals surface area contributed by atoms with E-state index < -0.39 is 67.0 Å². The van der Waals surface area contributed by atoms with Crippen LogP contribution in [0.3, 0.4) is 0 Å². The Balaban J connectivity index is 2.10. The van der Waals surface area contributed by atoms with E-state index in [1.54, 1.807) is 0 Å². The summed E-state index contributed by atoms with van der Waals surface area (Å²) in [5, 5.41) is 23.7. The zero-order chi connectivity index (χ0) is 25.6. The number of cyclic esters (lactones) is 1. The highest BCUT2D eigenvalue weighted by Gasteiger charge is 2.55. The molecule has 1 aromatic carbocycles. The Kier molecular flexibility index (Phi) is 9.25. The van der Waals surface area contributed by atoms with Crippen LogP contribution in [0.4, 0.5) is 0 Å². The van der Waals surface area contributed by atoms with Crippen LogP contribution in [0.25, 0.3) is 0 Å². The van der Waals surface area contributed by atoms with Crippen LogP contribution in [0.5, 0.6) is 0 Å². The van der Waals surface area contributed by atoms with E-state index in [1.807, 2.05) is 13.8 Å². The normalized spacial score (nSPS) is 17.7. The molecule has 2 atom stereocenters. The third kappa shape index (κ3) is 7.31. The van der Waals surface area contributed by atoms with E-state index in [0.717, 1.165) is 0 Å². The number of ether oxygens (including phenoxy) is 2. The lowest BCUT2D eigenvalue weighted by Crippen LogP contribution is -2.49. The van der Waals surface area contributed by atoms with Crippen LogP contribution in [0.1, 0.15) is 43.5 Å². The number of carboxylic acid groups (broad SMARTS) is 2. The van der Waals surface area contributed by atoms with Gasteiger partial charge in [-0.2, -0.15) is 0 Å². The monoisotopic (exact) mass is 518 g/mol. The van der Waals surface area contributed by atoms with Crippen molar-refractivity contribution in [3.63, 3.8) is 0 Å². The lowest BCUT2D eigenvalue weighted by molar-refractivity contribution is -0.160. The predicted octanol–water partition coefficient (Wildman–Crippen LogP) is 1.84. The molecule has 1 fully saturated rings. The Morgan fingerprint density at radius 3 is 2.29 bits per heavy atom. The summed E-state index contributed by atoms with van der Waals surface area (Å²) in [6, 6.07) is 3.34. The maximum absolute atomic E-state index is 12.5. The maximum atomic E-state index is 12.5. The van der Waals surface area contributed by atoms with Crippen molar-refractivity contribution in [2.75, 3.05) is 6.54 Å². The van der Waals surface area contributed by atoms with E-state index in [2.05, 4.69) is 10.6 Å². The van der Waals surface area contributed by atoms with Gasteiger partial charge in [-0.25, -0.2) is 4.79 Å². The summed E-state index contributed by atoms with van der Waals surface area (Å²) in [6.45, 7) is 3.17. The van der Waals surface area contributed by atoms with Crippen molar-refractivity contribution in [3.8, 4) is 0 Å². The predicted molar refractivity (Wildman–Crippen MR) is 118 cm³/mol. The maximum Gasteiger partial charge on any atom is 0.342 e. The van der Waals surface area contributed by atoms with Gasteiger partial charge in [-0.1, -0.05) is 37.0 Å². The number of amides is 2. The van der Waals surface area contributed by atoms with Gasteiger partial charge in [0.2, 0.25) is 12.2 Å². The molecule has 1 unspecified atom stereocenters. The molecule has 1 aliphatic rings. The van der Waals surface area contributed by atoms with Gasteiger partial charge < -0.3 is 30.3 Å². The number of aliphatic carboxylic acids is 2. The number of benzene rings is 1. The van der Waals surface area contributed by atoms with Gasteiger partial charge >= 0.3 is 17.9 Å². The Morgan fingerprint density at radius 1 is 1.12 bits per heavy atom. The van der Waals surface area contributed by atoms with E-state index in [4.69, 9.17) is 42.9 Å². The number of nitrogens with one attached hydrogen (secondary N) is 2. The van der Waals surface area contributed by atoms with Crippen LogP contribution >= 0.6 is 23.2 Å². The second kappa shape index (κ2) is 11.5. The fourth-order valence-electron chi connectivity index (χ4n) is 3.38. The smallest absolute Gasteiger partial charge is 0.342 e. The molecular weight excluding hydrogens is 495 g/mol. The fraction of sp³-hybridized carbons (Fsp3) is 0.476. The van der Waals surface area contributed by atoms with Crippen LogP contribution in [0, 0.1) is 5.92 Å². The molecule has 4 N–H and O–H groups in total. The molecule has 0 bridgehead atoms. The molecular formula is C21H24Cl2N2O9. The molecule has 1 aromatic rings. The first-order valence-electron chi connectivity index (χ1n) is 10.2. The Morgan fingerprint density at radius 2 is 1.74 bits per heavy atom. The highest BCUT2D eigenvalue weighted by molar-refractivity contribution is 6.35. The molecule has 1 heterocycles. The number of carbonyl (C=O) groups excluding carboxylic acids is 3. The number of carbonyl (C=O) groups is 5. The van der Waals surface area contributed by atoms with Crippen molar-refractivity contribution in [1.82, 2.24) is 10.6 Å². The van der Waals surface area contributed by atoms with Crippen molar-refractivity contribution < 1.29 is 43.7 Å². The zero-order valence-electron chi connectivity index (χ0n) is 18.3. The topological polar surface area (TPSA) is 168 Å². The van der Waals surface area contributed by atoms with Gasteiger partial charge in [-0.05, 0) is 30.5 Å². The average molecular weight is 519 g/mol. The van der Waals surface area contributed by atoms with E-state index in [0.29, 0.717) is 0 Å². The minimum absolute atomic E-state index is 0.0265. The number of esters is 1. The van der Waals surface area contributed by atoms with E-state index in [1.165, 1.54) is 18.2 Å². The number of rotatable bonds is 11. The first-order valence-corrected chi connectivity index (χ1v) is 10.9. The molecule has 2 amide bonds. The van der Waals surface area contributed by atoms with Gasteiger partial charge in [0.05, 0.1) is 36.0 Å². The number of hydrogen-bond donors (Lipinski definition) is 4. The molecule has 34 heavy (non-hydrogen) atoms. The lowest BCUT2D eigenvalue weighted by Gasteiger charge is -2.26. The molecule has 0 radical (unpaired) electrons. The highest BCUT2D eigenvalue weighted by atomic mass is 35.5. The number of carboxylic acids is 2. The second-order valence-electron chi connectivity index (χ2n) is 8.14. The zero-order valence-corrected chi connectivity index (χ0v) is 19.8. The standard InChI is InChI=1S/C21H24Cl2N2O9/c1-10(2)5-14(19-33-20(32)21(34-19,7-16(27)28)8-17(29)30)25-15(26)9-24-18(31)12-6-11(22)3-4-13(12)23/h3-4,6,10,14,19H,5,7-9H2,1-2H3,(H,24,31)(H,25,26)(H,27,28)(H,29,30)/t14?,19-/m1/s1. The molecule has 2 rings (SSSR count). The second-order valence-corrected chi connectivity index (χ2v) is 8.98. The van der Waals surface area contributed by atoms with Gasteiger partial charge in [0.15, 0.2) is 5.60 Å². The quantitative estimate of drug-likeness (QED) is 0.319. The SMILES string of the molecule is CC(C)CC(NC(=O)CNC(=O)c1cc(Cl)ccc1Cl)[C@@H]1OC(=O)C(CC(=O)O)(CC(=O)O)O1. The minimum atomic E-state index is -2.22. The third-order valence-electron chi connectivity index (χ3n) is 4.79. The Hall–Kier alpha value is -2.89. The summed E-state index contributed by atoms with van der Waals surface area (Å²) in [6.07, 6.45) is -3.02. The van der Waals surface area contributed by atoms with Crippen LogP contribution in [0.15, 0.2) is 18.2 Å². The van der Waals surface area contributed by atoms with Crippen LogP contribution in [-0.4, -0.2) is 64.4 Å². The largest absolute Gasteiger partial charge is 0.481 e. The molecule has 186 valence electrons. The molecule has 11 nitrogen and oxygen atoms in total. The van der Waals surface area contributed by atoms with Gasteiger partial charge in [0.1, 0.15) is 0 Å². The van der Waals surface area contributed by atoms with Gasteiger partial charge in [-0.3, -0.25) is 19.2 Å². The lowest BCUT2D eigenvalue weighted by atomic mass is 9.95. The van der Waals surface area contributed by atoms with Gasteiger partial charge in [-0.15, -0.1) is 0 Å². The minimum Gasteiger partial charge on any atom is -0.481 e. The summed E-state index contributed by atoms with van der Waals surface area (Å²) in [5.74, 6) is -5.38. The van der Waals surface area contributed by atoms with Crippen LogP contribution < -0.4 is 10.6 Å². The van der Waals surface area contributed by atoms with E-state index >= 15 is 0 Å². The highest BCUT2D eigenvalue weighted by Crippen LogP contribution is 2.34. The molecule has 0 saturated carbocycles. The Labute approximate surface area is 204 Å². The first kappa shape index (κ1) is 27.4. The number of halogens is 2. The summed E-state index contributed by atoms with van der Waals surface area (Å²) < 4.78 is 10.6. The summed E-state index contributed by atoms with van der Waals surface area (Å²) in [4.78, 5) is 59.7. The molecule has 0 aliphatic carbocycles. The summed E-state index contributed by atoms with van der Waals surface area (Å²) in [5.41, 5.74) is -2.15. The number of hydrogen-bond acceptors (Lipinski definition) is 7. The molecule has 0 aromatic heterocycles. The molecule has 0 spiro atoms. The molecule has 1 aliphatic heterocycles. The third-order valence-corrected chi connectivity index (χ3v) is 5.36. The average Bonchev–Trinajstić information content (AvgIpc) is 3.01. The molecule has 1 saturated heterocycles. The van der Waals surface area contributed by atoms with Crippen LogP contribution in [-0.2, 0) is 28.7 Å². The van der Waals surface area contributed by atoms with E-state index in [9.17, 15) is 24.0 Å². The van der Waals surface area contributed by atoms with Crippen molar-refractivity contribution >= 4 is 52.9 Å². The van der Waals surface area contributed by atoms with E-state index in [-0.39, 0.29) is 27.9 Å². The summed E-state index contributed by atoms with van der Waals surface area (Å²) >= 11 is 11.8. The summed E-state index contributed by atoms with van der Waals surface area (Å²) in [7, 11) is 0. The Bertz CT molecular complexity index is 967. The van der Waals surface area contributed by atoms with Crippen molar-refractivity contribution in [2.45, 2.75) is 51.0 Å². The van der Waals surface area contributed by atoms with Crippen molar-refractivity contribution in [1.29, 1.82) is 0 Å². The van der Waals surface area contributed by atoms with Gasteiger partial charge in [0.25, 0.3) is 5.91 Å². The van der Waals surface area contributed by atoms with Crippen LogP contribution in [0.2, 0.25) is 10.0 Å². The van der Waals surface area contributed by atoms with Crippen molar-refractivity contribution in [3.05, 3.63) is 33.8 Å². The fourth-order valence-corrected chi connectivity index (χ4v) is 3.76. The molecule has 13 heteroatoms. The van der Waals surface area contributed by atoms with Crippen molar-refractivity contribution in [2.24, 2.45) is 5.92 Å².